The minimum Gasteiger partial charge on any atom is -0.370 e. The Morgan fingerprint density at radius 2 is 2.25 bits per heavy atom. The van der Waals surface area contributed by atoms with Gasteiger partial charge in [-0.15, -0.1) is 5.92 Å². The lowest BCUT2D eigenvalue weighted by atomic mass is 10.3. The zero-order chi connectivity index (χ0) is 9.23. The maximum Gasteiger partial charge on any atom is 0.217 e. The normalized spacial score (nSPS) is 8.75. The number of hydrogen-bond donors (Lipinski definition) is 1. The van der Waals surface area contributed by atoms with Crippen LogP contribution in [0.5, 0.6) is 0 Å². The van der Waals surface area contributed by atoms with Crippen molar-refractivity contribution in [3.63, 3.8) is 0 Å². The topological polar surface area (TPSA) is 52.3 Å². The fraction of sp³-hybridized carbons (Fsp3) is 0.667. The second kappa shape index (κ2) is 8.09. The molecule has 0 saturated heterocycles. The zero-order valence-electron chi connectivity index (χ0n) is 7.43. The molecule has 68 valence electrons. The standard InChI is InChI=1S/C9H15NO2/c1-2-3-4-7-12-8-5-6-9(10)11/h2,5-8H2,1H3,(H2,10,11). The van der Waals surface area contributed by atoms with Gasteiger partial charge in [0, 0.05) is 19.4 Å². The van der Waals surface area contributed by atoms with Gasteiger partial charge < -0.3 is 10.5 Å². The van der Waals surface area contributed by atoms with E-state index in [2.05, 4.69) is 11.8 Å². The summed E-state index contributed by atoms with van der Waals surface area (Å²) in [5, 5.41) is 0. The van der Waals surface area contributed by atoms with Gasteiger partial charge in [0.25, 0.3) is 0 Å². The number of rotatable bonds is 5. The monoisotopic (exact) mass is 169 g/mol. The highest BCUT2D eigenvalue weighted by Crippen LogP contribution is 1.87. The Kier molecular flexibility index (Phi) is 7.41. The third-order valence-corrected chi connectivity index (χ3v) is 1.19. The fourth-order valence-electron chi connectivity index (χ4n) is 0.648. The lowest BCUT2D eigenvalue weighted by Crippen LogP contribution is -2.11. The third kappa shape index (κ3) is 8.99. The number of carbonyl (C=O) groups excluding carboxylic acids is 1. The minimum atomic E-state index is -0.279. The van der Waals surface area contributed by atoms with Crippen LogP contribution in [0.25, 0.3) is 0 Å². The molecule has 3 heteroatoms. The first kappa shape index (κ1) is 11.0. The van der Waals surface area contributed by atoms with Gasteiger partial charge >= 0.3 is 0 Å². The summed E-state index contributed by atoms with van der Waals surface area (Å²) in [6.07, 6.45) is 1.93. The van der Waals surface area contributed by atoms with Crippen molar-refractivity contribution >= 4 is 5.91 Å². The van der Waals surface area contributed by atoms with E-state index in [1.807, 2.05) is 6.92 Å². The van der Waals surface area contributed by atoms with Crippen molar-refractivity contribution in [3.8, 4) is 11.8 Å². The lowest BCUT2D eigenvalue weighted by Gasteiger charge is -1.96. The molecule has 0 aromatic rings. The molecule has 0 radical (unpaired) electrons. The highest BCUT2D eigenvalue weighted by molar-refractivity contribution is 5.73. The molecule has 0 aliphatic heterocycles. The predicted octanol–water partition coefficient (Wildman–Crippen LogP) is 0.682. The Labute approximate surface area is 73.3 Å². The minimum absolute atomic E-state index is 0.279. The maximum atomic E-state index is 10.3. The van der Waals surface area contributed by atoms with Crippen molar-refractivity contribution in [2.24, 2.45) is 5.73 Å². The number of primary amides is 1. The molecule has 0 rings (SSSR count). The quantitative estimate of drug-likeness (QED) is 0.486. The Balaban J connectivity index is 3.06. The Bertz CT molecular complexity index is 179. The summed E-state index contributed by atoms with van der Waals surface area (Å²) in [5.74, 6) is 5.44. The van der Waals surface area contributed by atoms with E-state index in [0.717, 1.165) is 6.42 Å². The van der Waals surface area contributed by atoms with E-state index < -0.39 is 0 Å². The molecular formula is C9H15NO2. The molecule has 1 amide bonds. The molecule has 12 heavy (non-hydrogen) atoms. The lowest BCUT2D eigenvalue weighted by molar-refractivity contribution is -0.118. The molecule has 0 fully saturated rings. The molecule has 0 heterocycles. The van der Waals surface area contributed by atoms with Crippen LogP contribution in [0.3, 0.4) is 0 Å². The maximum absolute atomic E-state index is 10.3. The van der Waals surface area contributed by atoms with E-state index in [1.54, 1.807) is 0 Å². The second-order valence-corrected chi connectivity index (χ2v) is 2.33. The molecular weight excluding hydrogens is 154 g/mol. The van der Waals surface area contributed by atoms with Crippen LogP contribution in [0.15, 0.2) is 0 Å². The summed E-state index contributed by atoms with van der Waals surface area (Å²) < 4.78 is 5.10. The second-order valence-electron chi connectivity index (χ2n) is 2.33. The highest BCUT2D eigenvalue weighted by atomic mass is 16.5. The summed E-state index contributed by atoms with van der Waals surface area (Å²) in [5.41, 5.74) is 4.93. The molecule has 0 aromatic heterocycles. The molecule has 0 aliphatic carbocycles. The molecule has 0 aliphatic rings. The largest absolute Gasteiger partial charge is 0.370 e. The van der Waals surface area contributed by atoms with E-state index in [1.165, 1.54) is 0 Å². The fourth-order valence-corrected chi connectivity index (χ4v) is 0.648. The van der Waals surface area contributed by atoms with Crippen LogP contribution in [0, 0.1) is 11.8 Å². The van der Waals surface area contributed by atoms with E-state index in [4.69, 9.17) is 10.5 Å². The molecule has 0 aromatic carbocycles. The summed E-state index contributed by atoms with van der Waals surface area (Å²) in [4.78, 5) is 10.3. The van der Waals surface area contributed by atoms with Gasteiger partial charge in [-0.05, 0) is 6.42 Å². The van der Waals surface area contributed by atoms with Gasteiger partial charge in [0.05, 0.1) is 0 Å². The van der Waals surface area contributed by atoms with E-state index >= 15 is 0 Å². The summed E-state index contributed by atoms with van der Waals surface area (Å²) >= 11 is 0. The first-order valence-corrected chi connectivity index (χ1v) is 4.09. The van der Waals surface area contributed by atoms with Crippen LogP contribution in [-0.4, -0.2) is 19.1 Å². The number of carbonyl (C=O) groups is 1. The van der Waals surface area contributed by atoms with Crippen molar-refractivity contribution < 1.29 is 9.53 Å². The summed E-state index contributed by atoms with van der Waals surface area (Å²) in [6.45, 7) is 2.99. The van der Waals surface area contributed by atoms with Gasteiger partial charge in [-0.3, -0.25) is 4.79 Å². The number of hydrogen-bond acceptors (Lipinski definition) is 2. The average Bonchev–Trinajstić information content (AvgIpc) is 2.02. The highest BCUT2D eigenvalue weighted by Gasteiger charge is 1.92. The average molecular weight is 169 g/mol. The van der Waals surface area contributed by atoms with Crippen LogP contribution >= 0.6 is 0 Å². The van der Waals surface area contributed by atoms with Crippen LogP contribution in [0.4, 0.5) is 0 Å². The van der Waals surface area contributed by atoms with Gasteiger partial charge in [-0.1, -0.05) is 12.8 Å². The molecule has 0 saturated carbocycles. The Morgan fingerprint density at radius 1 is 1.50 bits per heavy atom. The summed E-state index contributed by atoms with van der Waals surface area (Å²) in [7, 11) is 0. The number of amides is 1. The molecule has 0 spiro atoms. The van der Waals surface area contributed by atoms with Crippen molar-refractivity contribution in [1.82, 2.24) is 0 Å². The van der Waals surface area contributed by atoms with Crippen LogP contribution in [0.1, 0.15) is 26.2 Å². The smallest absolute Gasteiger partial charge is 0.217 e. The van der Waals surface area contributed by atoms with Crippen LogP contribution in [0.2, 0.25) is 0 Å². The van der Waals surface area contributed by atoms with Crippen LogP contribution in [-0.2, 0) is 9.53 Å². The molecule has 0 unspecified atom stereocenters. The predicted molar refractivity (Wildman–Crippen MR) is 47.3 cm³/mol. The molecule has 3 nitrogen and oxygen atoms in total. The van der Waals surface area contributed by atoms with Crippen molar-refractivity contribution in [1.29, 1.82) is 0 Å². The van der Waals surface area contributed by atoms with Gasteiger partial charge in [0.15, 0.2) is 0 Å². The van der Waals surface area contributed by atoms with Gasteiger partial charge in [-0.25, -0.2) is 0 Å². The van der Waals surface area contributed by atoms with Gasteiger partial charge in [0.2, 0.25) is 5.91 Å². The number of ether oxygens (including phenoxy) is 1. The summed E-state index contributed by atoms with van der Waals surface area (Å²) in [6, 6.07) is 0. The Hall–Kier alpha value is -1.01. The molecule has 2 N–H and O–H groups in total. The van der Waals surface area contributed by atoms with E-state index in [0.29, 0.717) is 26.1 Å². The SMILES string of the molecule is CCC#CCOCCCC(N)=O. The first-order chi connectivity index (χ1) is 5.77. The van der Waals surface area contributed by atoms with Crippen LogP contribution < -0.4 is 5.73 Å². The third-order valence-electron chi connectivity index (χ3n) is 1.19. The first-order valence-electron chi connectivity index (χ1n) is 4.09. The zero-order valence-corrected chi connectivity index (χ0v) is 7.43. The van der Waals surface area contributed by atoms with E-state index in [-0.39, 0.29) is 5.91 Å². The van der Waals surface area contributed by atoms with Crippen molar-refractivity contribution in [2.45, 2.75) is 26.2 Å². The molecule has 0 bridgehead atoms. The van der Waals surface area contributed by atoms with E-state index in [9.17, 15) is 4.79 Å². The molecule has 0 atom stereocenters. The van der Waals surface area contributed by atoms with Crippen molar-refractivity contribution in [2.75, 3.05) is 13.2 Å². The van der Waals surface area contributed by atoms with Crippen molar-refractivity contribution in [3.05, 3.63) is 0 Å². The Morgan fingerprint density at radius 3 is 2.83 bits per heavy atom. The van der Waals surface area contributed by atoms with Gasteiger partial charge in [-0.2, -0.15) is 0 Å². The van der Waals surface area contributed by atoms with Gasteiger partial charge in [0.1, 0.15) is 6.61 Å². The number of nitrogens with two attached hydrogens (primary N) is 1.